The molecule has 8 fully saturated rings. The summed E-state index contributed by atoms with van der Waals surface area (Å²) in [6.45, 7) is 14.1. The molecule has 29 atom stereocenters. The van der Waals surface area contributed by atoms with E-state index in [9.17, 15) is 76.7 Å². The number of ether oxygens (including phenoxy) is 8. The van der Waals surface area contributed by atoms with Gasteiger partial charge in [0.25, 0.3) is 0 Å². The second-order valence-corrected chi connectivity index (χ2v) is 25.8. The molecule has 24 heteroatoms. The first-order chi connectivity index (χ1) is 35.9. The number of fused-ring (bicyclic) bond motifs is 5. The maximum Gasteiger partial charge on any atom is 0.187 e. The van der Waals surface area contributed by atoms with Crippen LogP contribution >= 0.6 is 0 Å². The van der Waals surface area contributed by atoms with Gasteiger partial charge in [-0.25, -0.2) is 4.89 Å². The third kappa shape index (κ3) is 11.0. The van der Waals surface area contributed by atoms with E-state index in [0.29, 0.717) is 32.1 Å². The van der Waals surface area contributed by atoms with Crippen LogP contribution in [0.5, 0.6) is 0 Å². The van der Waals surface area contributed by atoms with Crippen LogP contribution in [0.3, 0.4) is 0 Å². The molecule has 0 spiro atoms. The highest BCUT2D eigenvalue weighted by atomic mass is 17.1. The average Bonchev–Trinajstić information content (AvgIpc) is 3.97. The minimum atomic E-state index is -1.83. The van der Waals surface area contributed by atoms with E-state index in [2.05, 4.69) is 34.6 Å². The molecular formula is C53H90O24. The molecule has 24 nitrogen and oxygen atoms in total. The number of aliphatic hydroxyl groups excluding tert-OH is 14. The molecule has 0 amide bonds. The molecule has 77 heavy (non-hydrogen) atoms. The van der Waals surface area contributed by atoms with Gasteiger partial charge in [0.2, 0.25) is 0 Å². The number of hydrogen-bond acceptors (Lipinski definition) is 24. The molecule has 15 N–H and O–H groups in total. The third-order valence-corrected chi connectivity index (χ3v) is 20.6. The molecule has 446 valence electrons. The molecule has 0 radical (unpaired) electrons. The van der Waals surface area contributed by atoms with Gasteiger partial charge in [0, 0.05) is 0 Å². The standard InChI is InChI=1S/C53H90O24/c1-48(2,77-68)13-9-14-53(8,76-46-42(67)38(63)36(61)28(73-46)22-70-44-40(65)33(58)25(57)21-69-44)23-10-16-52(7)32(23)24(56)18-30-50(5)15-12-31(49(3,4)29(50)11-17-51(30,52)6)74-47-43(39(64)35(60)27(20-55)72-47)75-45-41(66)37(62)34(59)26(19-54)71-45/h9,13,23-47,54-68H,10-12,14-22H2,1-8H3/b13-9+/t23-,24+,25+,26+,27+,28+,29-,30+,31-,32-,33-,34+,35+,36+,37-,38-,39-,40+,41+,42+,43+,44-,45-,46-,47-,50-,51+,52+,53-/m0/s1. The summed E-state index contributed by atoms with van der Waals surface area (Å²) in [6, 6.07) is 0. The highest BCUT2D eigenvalue weighted by Crippen LogP contribution is 2.76. The van der Waals surface area contributed by atoms with E-state index in [1.54, 1.807) is 26.0 Å². The molecule has 8 rings (SSSR count). The van der Waals surface area contributed by atoms with E-state index in [1.807, 2.05) is 6.92 Å². The zero-order valence-corrected chi connectivity index (χ0v) is 45.5. The smallest absolute Gasteiger partial charge is 0.187 e. The van der Waals surface area contributed by atoms with Gasteiger partial charge in [0.05, 0.1) is 44.2 Å². The predicted molar refractivity (Wildman–Crippen MR) is 263 cm³/mol. The molecule has 4 aliphatic carbocycles. The Labute approximate surface area is 449 Å². The summed E-state index contributed by atoms with van der Waals surface area (Å²) in [4.78, 5) is 4.70. The lowest BCUT2D eigenvalue weighted by Gasteiger charge is -2.71. The molecular weight excluding hydrogens is 1020 g/mol. The quantitative estimate of drug-likeness (QED) is 0.0341. The Bertz CT molecular complexity index is 2000. The monoisotopic (exact) mass is 1110 g/mol. The van der Waals surface area contributed by atoms with Gasteiger partial charge in [-0.15, -0.1) is 0 Å². The van der Waals surface area contributed by atoms with Crippen molar-refractivity contribution in [2.75, 3.05) is 26.4 Å². The number of hydrogen-bond donors (Lipinski definition) is 15. The van der Waals surface area contributed by atoms with Crippen LogP contribution in [0.4, 0.5) is 0 Å². The van der Waals surface area contributed by atoms with E-state index < -0.39 is 171 Å². The highest BCUT2D eigenvalue weighted by Gasteiger charge is 2.72. The van der Waals surface area contributed by atoms with Gasteiger partial charge in [-0.1, -0.05) is 46.8 Å². The van der Waals surface area contributed by atoms with Crippen molar-refractivity contribution in [3.05, 3.63) is 12.2 Å². The van der Waals surface area contributed by atoms with Gasteiger partial charge < -0.3 is 109 Å². The normalized spacial score (nSPS) is 52.1. The zero-order chi connectivity index (χ0) is 56.7. The maximum atomic E-state index is 12.8. The van der Waals surface area contributed by atoms with E-state index in [1.165, 1.54) is 0 Å². The fraction of sp³-hybridized carbons (Fsp3) is 0.962. The molecule has 0 unspecified atom stereocenters. The Morgan fingerprint density at radius 2 is 1.14 bits per heavy atom. The molecule has 4 aliphatic heterocycles. The fourth-order valence-corrected chi connectivity index (χ4v) is 15.9. The summed E-state index contributed by atoms with van der Waals surface area (Å²) in [5, 5.41) is 161. The summed E-state index contributed by atoms with van der Waals surface area (Å²) >= 11 is 0. The maximum absolute atomic E-state index is 12.8. The Balaban J connectivity index is 1.02. The third-order valence-electron chi connectivity index (χ3n) is 20.6. The Morgan fingerprint density at radius 3 is 1.78 bits per heavy atom. The van der Waals surface area contributed by atoms with Crippen LogP contribution in [-0.2, 0) is 42.8 Å². The van der Waals surface area contributed by atoms with Gasteiger partial charge in [-0.05, 0) is 117 Å². The Hall–Kier alpha value is -1.22. The fourth-order valence-electron chi connectivity index (χ4n) is 15.9. The second-order valence-electron chi connectivity index (χ2n) is 25.8. The Morgan fingerprint density at radius 1 is 0.571 bits per heavy atom. The van der Waals surface area contributed by atoms with Crippen molar-refractivity contribution in [1.29, 1.82) is 0 Å². The van der Waals surface area contributed by atoms with Gasteiger partial charge >= 0.3 is 0 Å². The first kappa shape index (κ1) is 61.8. The van der Waals surface area contributed by atoms with Crippen molar-refractivity contribution in [3.8, 4) is 0 Å². The molecule has 4 saturated heterocycles. The number of aliphatic hydroxyl groups is 14. The van der Waals surface area contributed by atoms with E-state index >= 15 is 0 Å². The van der Waals surface area contributed by atoms with Crippen LogP contribution in [0.25, 0.3) is 0 Å². The van der Waals surface area contributed by atoms with Crippen LogP contribution in [0.1, 0.15) is 107 Å². The summed E-state index contributed by atoms with van der Waals surface area (Å²) in [5.74, 6) is -0.727. The highest BCUT2D eigenvalue weighted by molar-refractivity contribution is 5.21. The predicted octanol–water partition coefficient (Wildman–Crippen LogP) is -2.10. The van der Waals surface area contributed by atoms with Crippen molar-refractivity contribution >= 4 is 0 Å². The van der Waals surface area contributed by atoms with E-state index in [4.69, 9.17) is 42.8 Å². The molecule has 4 heterocycles. The Kier molecular flexibility index (Phi) is 18.5. The summed E-state index contributed by atoms with van der Waals surface area (Å²) < 4.78 is 48.6. The molecule has 4 saturated carbocycles. The molecule has 0 aromatic heterocycles. The lowest BCUT2D eigenvalue weighted by molar-refractivity contribution is -0.378. The lowest BCUT2D eigenvalue weighted by atomic mass is 9.35. The molecule has 0 bridgehead atoms. The second kappa shape index (κ2) is 23.1. The minimum absolute atomic E-state index is 0.000540. The van der Waals surface area contributed by atoms with Crippen molar-refractivity contribution in [3.63, 3.8) is 0 Å². The van der Waals surface area contributed by atoms with Gasteiger partial charge in [-0.3, -0.25) is 5.26 Å². The van der Waals surface area contributed by atoms with Crippen molar-refractivity contribution in [2.45, 2.75) is 247 Å². The first-order valence-corrected chi connectivity index (χ1v) is 27.5. The SMILES string of the molecule is CC(C)(/C=C/C[C@](C)(O[C@@H]1O[C@H](CO[C@@H]2OC[C@@H](O)[C@H](O)[C@H]2O)[C@@H](O)[C@H](O)[C@H]1O)[C@H]1CC[C@]2(C)[C@@H]1[C@H](O)C[C@@H]1[C@@]3(C)CC[C@H](O[C@@H]4O[C@H](CO)[C@@H](O)[C@H](O)[C@H]4O[C@@H]4O[C@H](CO)[C@@H](O)[C@H](O)[C@H]4O)C(C)(C)[C@@H]3CC[C@]12C)OO. The van der Waals surface area contributed by atoms with Crippen molar-refractivity contribution in [1.82, 2.24) is 0 Å². The summed E-state index contributed by atoms with van der Waals surface area (Å²) in [7, 11) is 0. The first-order valence-electron chi connectivity index (χ1n) is 27.5. The van der Waals surface area contributed by atoms with Crippen LogP contribution in [0.2, 0.25) is 0 Å². The summed E-state index contributed by atoms with van der Waals surface area (Å²) in [5.41, 5.74) is -4.10. The average molecular weight is 1110 g/mol. The summed E-state index contributed by atoms with van der Waals surface area (Å²) in [6.07, 6.45) is -23.3. The molecule has 0 aromatic carbocycles. The van der Waals surface area contributed by atoms with Crippen molar-refractivity contribution < 1.29 is 120 Å². The van der Waals surface area contributed by atoms with Crippen LogP contribution in [0.15, 0.2) is 12.2 Å². The van der Waals surface area contributed by atoms with Gasteiger partial charge in [0.15, 0.2) is 25.2 Å². The van der Waals surface area contributed by atoms with Crippen molar-refractivity contribution in [2.24, 2.45) is 45.3 Å². The zero-order valence-electron chi connectivity index (χ0n) is 45.5. The van der Waals surface area contributed by atoms with E-state index in [-0.39, 0.29) is 47.5 Å². The van der Waals surface area contributed by atoms with Crippen LogP contribution < -0.4 is 0 Å². The molecule has 8 aliphatic rings. The lowest BCUT2D eigenvalue weighted by Crippen LogP contribution is -2.68. The van der Waals surface area contributed by atoms with Gasteiger partial charge in [0.1, 0.15) is 97.2 Å². The largest absolute Gasteiger partial charge is 0.394 e. The van der Waals surface area contributed by atoms with E-state index in [0.717, 1.165) is 12.8 Å². The van der Waals surface area contributed by atoms with Gasteiger partial charge in [-0.2, -0.15) is 0 Å². The molecule has 0 aromatic rings. The van der Waals surface area contributed by atoms with Crippen LogP contribution in [-0.4, -0.2) is 243 Å². The number of rotatable bonds is 16. The van der Waals surface area contributed by atoms with Crippen LogP contribution in [0, 0.1) is 45.3 Å². The minimum Gasteiger partial charge on any atom is -0.394 e. The topological polar surface area (TPSA) is 387 Å².